The fourth-order valence-corrected chi connectivity index (χ4v) is 2.61. The predicted molar refractivity (Wildman–Crippen MR) is 104 cm³/mol. The molecule has 0 saturated carbocycles. The third-order valence-electron chi connectivity index (χ3n) is 3.63. The summed E-state index contributed by atoms with van der Waals surface area (Å²) in [5.74, 6) is 0. The second-order valence-electron chi connectivity index (χ2n) is 5.26. The fourth-order valence-electron chi connectivity index (χ4n) is 2.61. The van der Waals surface area contributed by atoms with Gasteiger partial charge < -0.3 is 0 Å². The number of hydrazine groups is 1. The summed E-state index contributed by atoms with van der Waals surface area (Å²) in [4.78, 5) is 60.1. The molecule has 0 aliphatic heterocycles. The molecule has 32 heavy (non-hydrogen) atoms. The van der Waals surface area contributed by atoms with Crippen molar-refractivity contribution in [1.82, 2.24) is 0 Å². The van der Waals surface area contributed by atoms with Crippen molar-refractivity contribution in [2.24, 2.45) is 0 Å². The van der Waals surface area contributed by atoms with E-state index in [4.69, 9.17) is 0 Å². The zero-order chi connectivity index (χ0) is 23.6. The van der Waals surface area contributed by atoms with Crippen LogP contribution in [0, 0.1) is 60.7 Å². The Labute approximate surface area is 202 Å². The van der Waals surface area contributed by atoms with Crippen molar-refractivity contribution in [3.63, 3.8) is 0 Å². The quantitative estimate of drug-likeness (QED) is 0.295. The molecule has 2 aromatic carbocycles. The number of benzene rings is 2. The predicted octanol–water partition coefficient (Wildman–Crippen LogP) is 1.64. The second-order valence-corrected chi connectivity index (χ2v) is 5.26. The average Bonchev–Trinajstić information content (AvgIpc) is 2.66. The van der Waals surface area contributed by atoms with Gasteiger partial charge in [0.25, 0.3) is 5.69 Å². The minimum absolute atomic E-state index is 0. The van der Waals surface area contributed by atoms with E-state index in [9.17, 15) is 60.7 Å². The molecule has 0 saturated heterocycles. The molecular weight excluding hydrogens is 474 g/mol. The van der Waals surface area contributed by atoms with E-state index in [2.05, 4.69) is 0 Å². The van der Waals surface area contributed by atoms with E-state index in [1.54, 1.807) is 0 Å². The Morgan fingerprint density at radius 3 is 1.12 bits per heavy atom. The maximum absolute atomic E-state index is 11.6. The Balaban J connectivity index is 0.00000512. The minimum atomic E-state index is -2.17. The molecule has 0 aliphatic carbocycles. The summed E-state index contributed by atoms with van der Waals surface area (Å²) in [7, 11) is 0. The van der Waals surface area contributed by atoms with Crippen molar-refractivity contribution >= 4 is 77.5 Å². The SMILES string of the molecule is O=[N+]([O-])c1c(N(c2ccccc2)[N+](=O)[O-])c([N+](=O)[O-])c([N+](=O)[O-])c([N+](=O)[O-])c1[N+](=O)[O-].[CaH2]. The molecule has 0 radical (unpaired) electrons. The molecule has 0 spiro atoms. The van der Waals surface area contributed by atoms with E-state index in [1.165, 1.54) is 6.07 Å². The van der Waals surface area contributed by atoms with Gasteiger partial charge in [0, 0.05) is 0 Å². The van der Waals surface area contributed by atoms with Crippen LogP contribution in [0.2, 0.25) is 0 Å². The number of hydrogen-bond donors (Lipinski definition) is 0. The molecule has 0 bridgehead atoms. The van der Waals surface area contributed by atoms with Crippen molar-refractivity contribution in [3.05, 3.63) is 91.0 Å². The summed E-state index contributed by atoms with van der Waals surface area (Å²) in [5.41, 5.74) is -13.0. The van der Waals surface area contributed by atoms with Crippen LogP contribution in [-0.2, 0) is 0 Å². The van der Waals surface area contributed by atoms with Crippen LogP contribution < -0.4 is 5.01 Å². The second kappa shape index (κ2) is 9.80. The Bertz CT molecular complexity index is 1120. The zero-order valence-electron chi connectivity index (χ0n) is 14.4. The van der Waals surface area contributed by atoms with E-state index >= 15 is 0 Å². The van der Waals surface area contributed by atoms with Crippen molar-refractivity contribution in [2.45, 2.75) is 0 Å². The van der Waals surface area contributed by atoms with Gasteiger partial charge in [0.05, 0.1) is 24.6 Å². The van der Waals surface area contributed by atoms with Crippen LogP contribution in [0.3, 0.4) is 0 Å². The van der Waals surface area contributed by atoms with E-state index in [0.717, 1.165) is 24.3 Å². The molecule has 0 fully saturated rings. The van der Waals surface area contributed by atoms with Gasteiger partial charge in [-0.25, -0.2) is 10.1 Å². The zero-order valence-corrected chi connectivity index (χ0v) is 14.4. The van der Waals surface area contributed by atoms with E-state index in [-0.39, 0.29) is 42.7 Å². The summed E-state index contributed by atoms with van der Waals surface area (Å²) < 4.78 is 0. The first-order chi connectivity index (χ1) is 14.4. The maximum atomic E-state index is 11.6. The van der Waals surface area contributed by atoms with Gasteiger partial charge in [-0.1, -0.05) is 18.2 Å². The molecule has 0 amide bonds. The van der Waals surface area contributed by atoms with E-state index < -0.39 is 69.5 Å². The number of hydrogen-bond acceptors (Lipinski definition) is 12. The van der Waals surface area contributed by atoms with Gasteiger partial charge in [-0.15, -0.1) is 0 Å². The topological polar surface area (TPSA) is 262 Å². The van der Waals surface area contributed by atoms with Gasteiger partial charge >= 0.3 is 66.2 Å². The van der Waals surface area contributed by atoms with Gasteiger partial charge in [0.15, 0.2) is 5.03 Å². The first kappa shape index (κ1) is 25.9. The molecular formula is C12H7CaN7O12. The first-order valence-electron chi connectivity index (χ1n) is 7.37. The van der Waals surface area contributed by atoms with Gasteiger partial charge in [0.1, 0.15) is 5.69 Å². The third-order valence-corrected chi connectivity index (χ3v) is 3.63. The van der Waals surface area contributed by atoms with Crippen LogP contribution in [0.4, 0.5) is 39.8 Å². The molecule has 2 aromatic rings. The van der Waals surface area contributed by atoms with Crippen LogP contribution in [-0.4, -0.2) is 67.4 Å². The Morgan fingerprint density at radius 2 is 0.844 bits per heavy atom. The van der Waals surface area contributed by atoms with Crippen molar-refractivity contribution in [2.75, 3.05) is 5.01 Å². The number of nitro benzene ring substituents is 5. The van der Waals surface area contributed by atoms with Gasteiger partial charge in [-0.05, 0) is 17.1 Å². The van der Waals surface area contributed by atoms with Crippen LogP contribution in [0.25, 0.3) is 0 Å². The molecule has 0 heterocycles. The number of nitrogens with zero attached hydrogens (tertiary/aromatic N) is 7. The summed E-state index contributed by atoms with van der Waals surface area (Å²) in [6.07, 6.45) is 0. The summed E-state index contributed by atoms with van der Waals surface area (Å²) in [6, 6.07) is 5.45. The molecule has 2 rings (SSSR count). The van der Waals surface area contributed by atoms with Crippen LogP contribution >= 0.6 is 0 Å². The molecule has 0 aromatic heterocycles. The number of anilines is 2. The summed E-state index contributed by atoms with van der Waals surface area (Å²) in [6.45, 7) is 0. The first-order valence-corrected chi connectivity index (χ1v) is 7.37. The van der Waals surface area contributed by atoms with Gasteiger partial charge in [-0.2, -0.15) is 0 Å². The van der Waals surface area contributed by atoms with Crippen LogP contribution in [0.5, 0.6) is 0 Å². The van der Waals surface area contributed by atoms with Gasteiger partial charge in [-0.3, -0.25) is 50.6 Å². The summed E-state index contributed by atoms with van der Waals surface area (Å²) >= 11 is 0. The monoisotopic (exact) mass is 481 g/mol. The average molecular weight is 481 g/mol. The third kappa shape index (κ3) is 4.48. The molecule has 19 nitrogen and oxygen atoms in total. The van der Waals surface area contributed by atoms with E-state index in [1.807, 2.05) is 0 Å². The normalized spacial score (nSPS) is 9.88. The molecule has 20 heteroatoms. The summed E-state index contributed by atoms with van der Waals surface area (Å²) in [5, 5.41) is 67.0. The molecule has 0 unspecified atom stereocenters. The van der Waals surface area contributed by atoms with E-state index in [0.29, 0.717) is 0 Å². The Morgan fingerprint density at radius 1 is 0.531 bits per heavy atom. The standard InChI is InChI=1S/C12H5N7O12.Ca.2H/c20-14(21)8-7(13(19(30)31)6-4-2-1-3-5-6)9(15(22)23)11(17(26)27)12(18(28)29)10(8)16(24)25;;;/h1-5H;;;. The number of rotatable bonds is 8. The van der Waals surface area contributed by atoms with Crippen molar-refractivity contribution < 1.29 is 29.6 Å². The molecule has 0 aliphatic rings. The Hall–Kier alpha value is -4.10. The fraction of sp³-hybridized carbons (Fsp3) is 0. The van der Waals surface area contributed by atoms with Crippen LogP contribution in [0.1, 0.15) is 0 Å². The van der Waals surface area contributed by atoms with Crippen molar-refractivity contribution in [3.8, 4) is 0 Å². The molecule has 164 valence electrons. The van der Waals surface area contributed by atoms with Gasteiger partial charge in [0.2, 0.25) is 0 Å². The van der Waals surface area contributed by atoms with Crippen molar-refractivity contribution in [1.29, 1.82) is 0 Å². The number of nitro groups is 6. The number of para-hydroxylation sites is 1. The van der Waals surface area contributed by atoms with Crippen LogP contribution in [0.15, 0.2) is 30.3 Å². The Kier molecular flexibility index (Phi) is 7.95. The molecule has 0 atom stereocenters. The molecule has 0 N–H and O–H groups in total.